The van der Waals surface area contributed by atoms with E-state index in [9.17, 15) is 14.7 Å². The van der Waals surface area contributed by atoms with Gasteiger partial charge in [0.2, 0.25) is 5.89 Å². The Labute approximate surface area is 197 Å². The number of carbonyl (C=O) groups is 2. The van der Waals surface area contributed by atoms with Crippen molar-refractivity contribution >= 4 is 12.1 Å². The Morgan fingerprint density at radius 2 is 1.82 bits per heavy atom. The molecule has 0 aliphatic rings. The Kier molecular flexibility index (Phi) is 7.45. The summed E-state index contributed by atoms with van der Waals surface area (Å²) in [4.78, 5) is 28.1. The molecule has 0 saturated heterocycles. The molecular weight excluding hydrogens is 440 g/mol. The van der Waals surface area contributed by atoms with Crippen molar-refractivity contribution in [3.63, 3.8) is 0 Å². The van der Waals surface area contributed by atoms with E-state index < -0.39 is 23.7 Å². The molecule has 1 amide bonds. The number of ether oxygens (including phenoxy) is 3. The summed E-state index contributed by atoms with van der Waals surface area (Å²) < 4.78 is 22.3. The maximum absolute atomic E-state index is 12.1. The Balaban J connectivity index is 1.87. The van der Waals surface area contributed by atoms with Crippen LogP contribution in [0, 0.1) is 0 Å². The van der Waals surface area contributed by atoms with Gasteiger partial charge in [0.05, 0.1) is 13.2 Å². The standard InChI is InChI=1S/C25H28N2O7/c1-15(26-24(30)34-25(2,3)4)21-20(23(28)29)27-22(33-21)17-11-12-18(31-5)19(13-17)32-14-16-9-7-6-8-10-16/h6-13,15H,14H2,1-5H3,(H,26,30)(H,28,29)/t15-/m0/s1. The lowest BCUT2D eigenvalue weighted by atomic mass is 10.2. The molecule has 0 bridgehead atoms. The number of aromatic carboxylic acids is 1. The third kappa shape index (κ3) is 6.28. The first-order valence-electron chi connectivity index (χ1n) is 10.7. The summed E-state index contributed by atoms with van der Waals surface area (Å²) in [5.74, 6) is -0.268. The highest BCUT2D eigenvalue weighted by atomic mass is 16.6. The fraction of sp³-hybridized carbons (Fsp3) is 0.320. The molecule has 1 atom stereocenters. The van der Waals surface area contributed by atoms with E-state index in [2.05, 4.69) is 10.3 Å². The van der Waals surface area contributed by atoms with Crippen LogP contribution in [0.15, 0.2) is 52.9 Å². The minimum absolute atomic E-state index is 0.00377. The van der Waals surface area contributed by atoms with Gasteiger partial charge in [-0.1, -0.05) is 30.3 Å². The van der Waals surface area contributed by atoms with E-state index in [1.54, 1.807) is 45.9 Å². The molecule has 34 heavy (non-hydrogen) atoms. The number of oxazole rings is 1. The third-order valence-electron chi connectivity index (χ3n) is 4.63. The summed E-state index contributed by atoms with van der Waals surface area (Å²) in [7, 11) is 1.53. The topological polar surface area (TPSA) is 120 Å². The maximum Gasteiger partial charge on any atom is 0.408 e. The molecular formula is C25H28N2O7. The fourth-order valence-corrected chi connectivity index (χ4v) is 3.11. The zero-order valence-corrected chi connectivity index (χ0v) is 19.7. The minimum atomic E-state index is -1.28. The van der Waals surface area contributed by atoms with Crippen LogP contribution in [0.2, 0.25) is 0 Å². The van der Waals surface area contributed by atoms with Gasteiger partial charge in [-0.25, -0.2) is 14.6 Å². The van der Waals surface area contributed by atoms with Crippen molar-refractivity contribution in [1.82, 2.24) is 10.3 Å². The van der Waals surface area contributed by atoms with Crippen molar-refractivity contribution in [1.29, 1.82) is 0 Å². The van der Waals surface area contributed by atoms with Crippen LogP contribution in [0.5, 0.6) is 11.5 Å². The van der Waals surface area contributed by atoms with Crippen LogP contribution in [0.1, 0.15) is 55.5 Å². The van der Waals surface area contributed by atoms with Crippen LogP contribution in [0.3, 0.4) is 0 Å². The van der Waals surface area contributed by atoms with Gasteiger partial charge in [-0.15, -0.1) is 0 Å². The molecule has 0 radical (unpaired) electrons. The lowest BCUT2D eigenvalue weighted by molar-refractivity contribution is 0.0498. The summed E-state index contributed by atoms with van der Waals surface area (Å²) >= 11 is 0. The summed E-state index contributed by atoms with van der Waals surface area (Å²) in [5.41, 5.74) is 0.456. The number of aromatic nitrogens is 1. The van der Waals surface area contributed by atoms with Gasteiger partial charge < -0.3 is 29.1 Å². The zero-order valence-electron chi connectivity index (χ0n) is 19.7. The summed E-state index contributed by atoms with van der Waals surface area (Å²) in [6.07, 6.45) is -0.699. The molecule has 9 nitrogen and oxygen atoms in total. The molecule has 1 aromatic heterocycles. The van der Waals surface area contributed by atoms with E-state index in [0.29, 0.717) is 23.7 Å². The van der Waals surface area contributed by atoms with Gasteiger partial charge in [0, 0.05) is 5.56 Å². The van der Waals surface area contributed by atoms with Crippen molar-refractivity contribution in [3.05, 3.63) is 65.5 Å². The Morgan fingerprint density at radius 3 is 2.44 bits per heavy atom. The number of hydrogen-bond acceptors (Lipinski definition) is 7. The zero-order chi connectivity index (χ0) is 24.9. The number of carboxylic acid groups (broad SMARTS) is 1. The van der Waals surface area contributed by atoms with Crippen LogP contribution in [0.25, 0.3) is 11.5 Å². The molecule has 9 heteroatoms. The first kappa shape index (κ1) is 24.6. The number of carboxylic acids is 1. The molecule has 3 aromatic rings. The molecule has 0 unspecified atom stereocenters. The second-order valence-electron chi connectivity index (χ2n) is 8.54. The minimum Gasteiger partial charge on any atom is -0.493 e. The van der Waals surface area contributed by atoms with Crippen LogP contribution in [0.4, 0.5) is 4.79 Å². The van der Waals surface area contributed by atoms with E-state index in [0.717, 1.165) is 5.56 Å². The molecule has 0 aliphatic heterocycles. The Morgan fingerprint density at radius 1 is 1.12 bits per heavy atom. The quantitative estimate of drug-likeness (QED) is 0.462. The molecule has 1 heterocycles. The second kappa shape index (κ2) is 10.3. The van der Waals surface area contributed by atoms with E-state index in [-0.39, 0.29) is 17.3 Å². The van der Waals surface area contributed by atoms with Gasteiger partial charge in [-0.3, -0.25) is 0 Å². The highest BCUT2D eigenvalue weighted by Gasteiger charge is 2.27. The third-order valence-corrected chi connectivity index (χ3v) is 4.63. The number of amides is 1. The first-order chi connectivity index (χ1) is 16.1. The number of carbonyl (C=O) groups excluding carboxylic acids is 1. The molecule has 0 spiro atoms. The van der Waals surface area contributed by atoms with Gasteiger partial charge in [0.1, 0.15) is 12.2 Å². The predicted molar refractivity (Wildman–Crippen MR) is 124 cm³/mol. The number of hydrogen-bond donors (Lipinski definition) is 2. The number of nitrogens with one attached hydrogen (secondary N) is 1. The van der Waals surface area contributed by atoms with Crippen molar-refractivity contribution in [2.24, 2.45) is 0 Å². The van der Waals surface area contributed by atoms with E-state index in [1.165, 1.54) is 7.11 Å². The average molecular weight is 469 g/mol. The van der Waals surface area contributed by atoms with E-state index in [1.807, 2.05) is 30.3 Å². The monoisotopic (exact) mass is 468 g/mol. The van der Waals surface area contributed by atoms with Crippen molar-refractivity contribution in [2.75, 3.05) is 7.11 Å². The fourth-order valence-electron chi connectivity index (χ4n) is 3.11. The molecule has 2 N–H and O–H groups in total. The highest BCUT2D eigenvalue weighted by molar-refractivity contribution is 5.87. The summed E-state index contributed by atoms with van der Waals surface area (Å²) in [5, 5.41) is 12.2. The Hall–Kier alpha value is -4.01. The van der Waals surface area contributed by atoms with Crippen molar-refractivity contribution in [2.45, 2.75) is 45.9 Å². The van der Waals surface area contributed by atoms with Crippen molar-refractivity contribution in [3.8, 4) is 23.0 Å². The molecule has 2 aromatic carbocycles. The first-order valence-corrected chi connectivity index (χ1v) is 10.7. The highest BCUT2D eigenvalue weighted by Crippen LogP contribution is 2.34. The number of alkyl carbamates (subject to hydrolysis) is 1. The van der Waals surface area contributed by atoms with Crippen molar-refractivity contribution < 1.29 is 33.3 Å². The predicted octanol–water partition coefficient (Wildman–Crippen LogP) is 5.21. The van der Waals surface area contributed by atoms with Crippen LogP contribution < -0.4 is 14.8 Å². The normalized spacial score (nSPS) is 12.0. The van der Waals surface area contributed by atoms with Gasteiger partial charge in [-0.2, -0.15) is 0 Å². The van der Waals surface area contributed by atoms with Gasteiger partial charge in [0.25, 0.3) is 0 Å². The lowest BCUT2D eigenvalue weighted by Crippen LogP contribution is -2.34. The Bertz CT molecular complexity index is 1150. The molecule has 3 rings (SSSR count). The summed E-state index contributed by atoms with van der Waals surface area (Å²) in [6, 6.07) is 13.9. The summed E-state index contributed by atoms with van der Waals surface area (Å²) in [6.45, 7) is 7.09. The average Bonchev–Trinajstić information content (AvgIpc) is 3.23. The van der Waals surface area contributed by atoms with E-state index >= 15 is 0 Å². The van der Waals surface area contributed by atoms with E-state index in [4.69, 9.17) is 18.6 Å². The second-order valence-corrected chi connectivity index (χ2v) is 8.54. The van der Waals surface area contributed by atoms with Gasteiger partial charge >= 0.3 is 12.1 Å². The largest absolute Gasteiger partial charge is 0.493 e. The number of methoxy groups -OCH3 is 1. The molecule has 180 valence electrons. The molecule has 0 fully saturated rings. The molecule has 0 saturated carbocycles. The number of nitrogens with zero attached hydrogens (tertiary/aromatic N) is 1. The molecule has 0 aliphatic carbocycles. The number of benzene rings is 2. The maximum atomic E-state index is 12.1. The van der Waals surface area contributed by atoms with Gasteiger partial charge in [-0.05, 0) is 51.5 Å². The smallest absolute Gasteiger partial charge is 0.408 e. The van der Waals surface area contributed by atoms with Crippen LogP contribution in [-0.2, 0) is 11.3 Å². The van der Waals surface area contributed by atoms with Crippen LogP contribution >= 0.6 is 0 Å². The number of rotatable bonds is 8. The SMILES string of the molecule is COc1ccc(-c2nc(C(=O)O)c([C@H](C)NC(=O)OC(C)(C)C)o2)cc1OCc1ccccc1. The van der Waals surface area contributed by atoms with Gasteiger partial charge in [0.15, 0.2) is 23.0 Å². The lowest BCUT2D eigenvalue weighted by Gasteiger charge is -2.21. The van der Waals surface area contributed by atoms with Crippen LogP contribution in [-0.4, -0.2) is 34.9 Å².